The van der Waals surface area contributed by atoms with Crippen molar-refractivity contribution in [2.45, 2.75) is 6.42 Å². The first kappa shape index (κ1) is 17.1. The van der Waals surface area contributed by atoms with Crippen LogP contribution in [0.5, 0.6) is 0 Å². The number of aliphatic hydroxyl groups is 1. The standard InChI is InChI=1S/C3H8O8S2.Na/c4-2-1-3-10-13(8,9)11-12(5,6)7;/h4H,1-3H2,(H,5,6,7);/q;+1/p-1. The molecule has 0 spiro atoms. The van der Waals surface area contributed by atoms with Gasteiger partial charge in [0.2, 0.25) is 10.4 Å². The summed E-state index contributed by atoms with van der Waals surface area (Å²) in [5.74, 6) is 0. The molecule has 0 radical (unpaired) electrons. The van der Waals surface area contributed by atoms with Gasteiger partial charge >= 0.3 is 40.0 Å². The molecule has 0 bridgehead atoms. The van der Waals surface area contributed by atoms with Gasteiger partial charge in [-0.15, -0.1) is 3.63 Å². The summed E-state index contributed by atoms with van der Waals surface area (Å²) >= 11 is 0. The minimum absolute atomic E-state index is 0. The average molecular weight is 258 g/mol. The molecule has 0 aromatic carbocycles. The third-order valence-corrected chi connectivity index (χ3v) is 2.49. The van der Waals surface area contributed by atoms with Crippen molar-refractivity contribution in [3.63, 3.8) is 0 Å². The fraction of sp³-hybridized carbons (Fsp3) is 1.00. The number of hydrogen-bond acceptors (Lipinski definition) is 8. The van der Waals surface area contributed by atoms with Crippen molar-refractivity contribution in [3.8, 4) is 0 Å². The summed E-state index contributed by atoms with van der Waals surface area (Å²) in [5.41, 5.74) is 0. The van der Waals surface area contributed by atoms with Gasteiger partial charge in [0.25, 0.3) is 0 Å². The first-order valence-electron chi connectivity index (χ1n) is 2.94. The van der Waals surface area contributed by atoms with E-state index in [1.807, 2.05) is 0 Å². The number of aliphatic hydroxyl groups excluding tert-OH is 1. The van der Waals surface area contributed by atoms with Gasteiger partial charge in [0.05, 0.1) is 6.61 Å². The van der Waals surface area contributed by atoms with Crippen LogP contribution in [0.15, 0.2) is 0 Å². The van der Waals surface area contributed by atoms with Gasteiger partial charge in [-0.1, -0.05) is 0 Å². The van der Waals surface area contributed by atoms with Crippen LogP contribution in [0.25, 0.3) is 0 Å². The third-order valence-electron chi connectivity index (χ3n) is 0.697. The van der Waals surface area contributed by atoms with Crippen LogP contribution in [0.1, 0.15) is 6.42 Å². The van der Waals surface area contributed by atoms with Crippen LogP contribution in [0.2, 0.25) is 0 Å². The monoisotopic (exact) mass is 258 g/mol. The zero-order valence-electron chi connectivity index (χ0n) is 7.24. The van der Waals surface area contributed by atoms with E-state index in [1.54, 1.807) is 0 Å². The molecule has 0 aromatic heterocycles. The predicted octanol–water partition coefficient (Wildman–Crippen LogP) is -4.89. The Morgan fingerprint density at radius 3 is 2.07 bits per heavy atom. The molecule has 14 heavy (non-hydrogen) atoms. The normalized spacial score (nSPS) is 12.1. The molecule has 8 nitrogen and oxygen atoms in total. The van der Waals surface area contributed by atoms with Gasteiger partial charge in [0, 0.05) is 6.61 Å². The van der Waals surface area contributed by atoms with Gasteiger partial charge in [-0.2, -0.15) is 8.42 Å². The molecular formula is C3H7NaO8S2. The second-order valence-electron chi connectivity index (χ2n) is 1.78. The SMILES string of the molecule is O=S(=O)([O-])OS(=O)(=O)OCCCO.[Na+]. The van der Waals surface area contributed by atoms with E-state index in [0.29, 0.717) is 0 Å². The van der Waals surface area contributed by atoms with Gasteiger partial charge in [-0.05, 0) is 6.42 Å². The van der Waals surface area contributed by atoms with Crippen molar-refractivity contribution >= 4 is 20.8 Å². The third kappa shape index (κ3) is 10.8. The second kappa shape index (κ2) is 7.09. The van der Waals surface area contributed by atoms with Crippen molar-refractivity contribution in [1.29, 1.82) is 0 Å². The van der Waals surface area contributed by atoms with Crippen molar-refractivity contribution in [3.05, 3.63) is 0 Å². The van der Waals surface area contributed by atoms with Crippen LogP contribution in [0, 0.1) is 0 Å². The maximum atomic E-state index is 10.4. The van der Waals surface area contributed by atoms with E-state index in [4.69, 9.17) is 5.11 Å². The van der Waals surface area contributed by atoms with Crippen molar-refractivity contribution < 1.29 is 63.9 Å². The molecule has 80 valence electrons. The maximum Gasteiger partial charge on any atom is 1.00 e. The Hall–Kier alpha value is 0.740. The molecule has 0 rings (SSSR count). The molecule has 0 saturated heterocycles. The maximum absolute atomic E-state index is 10.4. The zero-order valence-corrected chi connectivity index (χ0v) is 10.9. The molecule has 0 aliphatic carbocycles. The average Bonchev–Trinajstić information content (AvgIpc) is 1.81. The Morgan fingerprint density at radius 1 is 1.21 bits per heavy atom. The fourth-order valence-corrected chi connectivity index (χ4v) is 1.64. The zero-order chi connectivity index (χ0) is 10.5. The summed E-state index contributed by atoms with van der Waals surface area (Å²) in [6.07, 6.45) is -0.0263. The van der Waals surface area contributed by atoms with Crippen LogP contribution in [-0.4, -0.2) is 39.7 Å². The molecule has 0 saturated carbocycles. The van der Waals surface area contributed by atoms with Crippen LogP contribution in [0.4, 0.5) is 0 Å². The Morgan fingerprint density at radius 2 is 1.71 bits per heavy atom. The van der Waals surface area contributed by atoms with E-state index < -0.39 is 27.4 Å². The van der Waals surface area contributed by atoms with Crippen LogP contribution in [-0.2, 0) is 28.6 Å². The van der Waals surface area contributed by atoms with E-state index in [-0.39, 0.29) is 42.6 Å². The molecule has 0 unspecified atom stereocenters. The number of hydrogen-bond donors (Lipinski definition) is 1. The van der Waals surface area contributed by atoms with E-state index in [2.05, 4.69) is 7.81 Å². The van der Waals surface area contributed by atoms with Gasteiger partial charge in [0.15, 0.2) is 0 Å². The summed E-state index contributed by atoms with van der Waals surface area (Å²) in [5, 5.41) is 8.20. The predicted molar refractivity (Wildman–Crippen MR) is 37.4 cm³/mol. The molecule has 0 aliphatic heterocycles. The molecule has 11 heteroatoms. The molecule has 0 atom stereocenters. The summed E-state index contributed by atoms with van der Waals surface area (Å²) in [6.45, 7) is -0.798. The van der Waals surface area contributed by atoms with Gasteiger partial charge in [-0.3, -0.25) is 0 Å². The number of rotatable bonds is 6. The van der Waals surface area contributed by atoms with Crippen LogP contribution < -0.4 is 29.6 Å². The summed E-state index contributed by atoms with van der Waals surface area (Å²) < 4.78 is 57.1. The second-order valence-corrected chi connectivity index (χ2v) is 4.20. The fourth-order valence-electron chi connectivity index (χ4n) is 0.347. The smallest absolute Gasteiger partial charge is 0.725 e. The molecular weight excluding hydrogens is 251 g/mol. The minimum Gasteiger partial charge on any atom is -0.725 e. The van der Waals surface area contributed by atoms with Gasteiger partial charge in [-0.25, -0.2) is 12.6 Å². The Balaban J connectivity index is 0. The first-order valence-corrected chi connectivity index (χ1v) is 5.60. The quantitative estimate of drug-likeness (QED) is 0.217. The molecule has 0 fully saturated rings. The summed E-state index contributed by atoms with van der Waals surface area (Å²) in [6, 6.07) is 0. The minimum atomic E-state index is -5.34. The van der Waals surface area contributed by atoms with E-state index in [9.17, 15) is 21.4 Å². The first-order chi connectivity index (χ1) is 5.77. The topological polar surface area (TPSA) is 130 Å². The molecule has 0 aromatic rings. The van der Waals surface area contributed by atoms with Crippen molar-refractivity contribution in [1.82, 2.24) is 0 Å². The van der Waals surface area contributed by atoms with E-state index in [0.717, 1.165) is 0 Å². The summed E-state index contributed by atoms with van der Waals surface area (Å²) in [4.78, 5) is 0. The van der Waals surface area contributed by atoms with Crippen molar-refractivity contribution in [2.75, 3.05) is 13.2 Å². The molecule has 0 heterocycles. The van der Waals surface area contributed by atoms with Crippen molar-refractivity contribution in [2.24, 2.45) is 0 Å². The molecule has 1 N–H and O–H groups in total. The van der Waals surface area contributed by atoms with E-state index >= 15 is 0 Å². The Labute approximate surface area is 104 Å². The van der Waals surface area contributed by atoms with Crippen LogP contribution >= 0.6 is 0 Å². The largest absolute Gasteiger partial charge is 1.00 e. The Bertz CT molecular complexity index is 330. The molecule has 0 aliphatic rings. The molecule has 0 amide bonds. The Kier molecular flexibility index (Phi) is 8.68. The van der Waals surface area contributed by atoms with Gasteiger partial charge < -0.3 is 9.66 Å². The summed E-state index contributed by atoms with van der Waals surface area (Å²) in [7, 11) is -10.2. The van der Waals surface area contributed by atoms with E-state index in [1.165, 1.54) is 0 Å². The van der Waals surface area contributed by atoms with Gasteiger partial charge in [0.1, 0.15) is 0 Å². The van der Waals surface area contributed by atoms with Crippen LogP contribution in [0.3, 0.4) is 0 Å².